The molecule has 0 bridgehead atoms. The van der Waals surface area contributed by atoms with Gasteiger partial charge in [-0.3, -0.25) is 9.69 Å². The average molecular weight is 307 g/mol. The Hall–Kier alpha value is -2.64. The molecular formula is C19H21N3O. The Morgan fingerprint density at radius 3 is 2.74 bits per heavy atom. The first kappa shape index (κ1) is 16.7. The summed E-state index contributed by atoms with van der Waals surface area (Å²) in [5.41, 5.74) is 3.66. The van der Waals surface area contributed by atoms with Gasteiger partial charge in [0.05, 0.1) is 18.2 Å². The Morgan fingerprint density at radius 2 is 2.00 bits per heavy atom. The van der Waals surface area contributed by atoms with Gasteiger partial charge in [0.25, 0.3) is 0 Å². The second-order valence-electron chi connectivity index (χ2n) is 5.54. The van der Waals surface area contributed by atoms with E-state index in [1.807, 2.05) is 54.4 Å². The van der Waals surface area contributed by atoms with Gasteiger partial charge in [0.1, 0.15) is 0 Å². The van der Waals surface area contributed by atoms with Gasteiger partial charge in [-0.2, -0.15) is 5.26 Å². The van der Waals surface area contributed by atoms with E-state index < -0.39 is 0 Å². The third-order valence-corrected chi connectivity index (χ3v) is 3.59. The lowest BCUT2D eigenvalue weighted by molar-refractivity contribution is -0.117. The molecule has 0 radical (unpaired) electrons. The molecule has 0 aromatic heterocycles. The van der Waals surface area contributed by atoms with Gasteiger partial charge in [-0.15, -0.1) is 0 Å². The zero-order valence-corrected chi connectivity index (χ0v) is 13.5. The van der Waals surface area contributed by atoms with Gasteiger partial charge >= 0.3 is 0 Å². The van der Waals surface area contributed by atoms with Gasteiger partial charge in [-0.1, -0.05) is 37.3 Å². The molecule has 4 nitrogen and oxygen atoms in total. The molecule has 0 atom stereocenters. The van der Waals surface area contributed by atoms with Crippen molar-refractivity contribution in [2.24, 2.45) is 0 Å². The largest absolute Gasteiger partial charge is 0.325 e. The smallest absolute Gasteiger partial charge is 0.238 e. The van der Waals surface area contributed by atoms with E-state index in [4.69, 9.17) is 5.26 Å². The van der Waals surface area contributed by atoms with Crippen molar-refractivity contribution in [1.29, 1.82) is 5.26 Å². The van der Waals surface area contributed by atoms with Crippen LogP contribution in [0.5, 0.6) is 0 Å². The maximum absolute atomic E-state index is 12.2. The number of rotatable bonds is 6. The highest BCUT2D eigenvalue weighted by Gasteiger charge is 2.09. The minimum Gasteiger partial charge on any atom is -0.325 e. The van der Waals surface area contributed by atoms with Crippen LogP contribution in [0.2, 0.25) is 0 Å². The van der Waals surface area contributed by atoms with E-state index in [0.29, 0.717) is 18.7 Å². The van der Waals surface area contributed by atoms with Crippen LogP contribution in [0.3, 0.4) is 0 Å². The molecule has 1 amide bonds. The number of amides is 1. The first-order valence-electron chi connectivity index (χ1n) is 7.67. The molecule has 0 heterocycles. The molecule has 23 heavy (non-hydrogen) atoms. The Labute approximate surface area is 137 Å². The monoisotopic (exact) mass is 307 g/mol. The summed E-state index contributed by atoms with van der Waals surface area (Å²) in [6.45, 7) is 2.99. The summed E-state index contributed by atoms with van der Waals surface area (Å²) in [7, 11) is 1.89. The summed E-state index contributed by atoms with van der Waals surface area (Å²) in [6, 6.07) is 17.4. The van der Waals surface area contributed by atoms with Crippen LogP contribution in [0, 0.1) is 11.3 Å². The Balaban J connectivity index is 1.93. The summed E-state index contributed by atoms with van der Waals surface area (Å²) in [5, 5.41) is 11.9. The van der Waals surface area contributed by atoms with E-state index in [1.54, 1.807) is 6.07 Å². The van der Waals surface area contributed by atoms with Crippen molar-refractivity contribution in [3.8, 4) is 6.07 Å². The second kappa shape index (κ2) is 8.11. The number of nitriles is 1. The summed E-state index contributed by atoms with van der Waals surface area (Å²) in [4.78, 5) is 14.1. The summed E-state index contributed by atoms with van der Waals surface area (Å²) in [6.07, 6.45) is 0.882. The minimum absolute atomic E-state index is 0.0372. The number of carbonyl (C=O) groups is 1. The SMILES string of the molecule is CCc1ccccc1NC(=O)CN(C)Cc1cccc(C#N)c1. The van der Waals surface area contributed by atoms with Crippen LogP contribution in [0.15, 0.2) is 48.5 Å². The van der Waals surface area contributed by atoms with Gasteiger partial charge in [-0.05, 0) is 42.8 Å². The van der Waals surface area contributed by atoms with E-state index in [9.17, 15) is 4.79 Å². The van der Waals surface area contributed by atoms with Crippen molar-refractivity contribution < 1.29 is 4.79 Å². The van der Waals surface area contributed by atoms with Crippen LogP contribution < -0.4 is 5.32 Å². The van der Waals surface area contributed by atoms with Gasteiger partial charge in [-0.25, -0.2) is 0 Å². The molecule has 0 aliphatic heterocycles. The van der Waals surface area contributed by atoms with Gasteiger partial charge in [0, 0.05) is 12.2 Å². The molecule has 4 heteroatoms. The lowest BCUT2D eigenvalue weighted by Gasteiger charge is -2.17. The van der Waals surface area contributed by atoms with Crippen molar-refractivity contribution in [3.63, 3.8) is 0 Å². The highest BCUT2D eigenvalue weighted by Crippen LogP contribution is 2.15. The zero-order chi connectivity index (χ0) is 16.7. The maximum atomic E-state index is 12.2. The molecule has 0 aliphatic carbocycles. The van der Waals surface area contributed by atoms with Crippen LogP contribution in [0.4, 0.5) is 5.69 Å². The third kappa shape index (κ3) is 4.94. The molecule has 118 valence electrons. The molecule has 0 unspecified atom stereocenters. The standard InChI is InChI=1S/C19H21N3O/c1-3-17-9-4-5-10-18(17)21-19(23)14-22(2)13-16-8-6-7-15(11-16)12-20/h4-11H,3,13-14H2,1-2H3,(H,21,23). The number of nitrogens with one attached hydrogen (secondary N) is 1. The molecule has 0 spiro atoms. The molecule has 2 rings (SSSR count). The Bertz CT molecular complexity index is 719. The highest BCUT2D eigenvalue weighted by molar-refractivity contribution is 5.92. The molecule has 0 saturated heterocycles. The van der Waals surface area contributed by atoms with Crippen LogP contribution in [-0.4, -0.2) is 24.4 Å². The Morgan fingerprint density at radius 1 is 1.22 bits per heavy atom. The van der Waals surface area contributed by atoms with Crippen molar-refractivity contribution in [2.45, 2.75) is 19.9 Å². The van der Waals surface area contributed by atoms with E-state index in [0.717, 1.165) is 23.2 Å². The highest BCUT2D eigenvalue weighted by atomic mass is 16.2. The predicted octanol–water partition coefficient (Wildman–Crippen LogP) is 3.19. The average Bonchev–Trinajstić information content (AvgIpc) is 2.55. The number of hydrogen-bond donors (Lipinski definition) is 1. The lowest BCUT2D eigenvalue weighted by Crippen LogP contribution is -2.30. The van der Waals surface area contributed by atoms with E-state index in [2.05, 4.69) is 18.3 Å². The van der Waals surface area contributed by atoms with Crippen molar-refractivity contribution in [3.05, 3.63) is 65.2 Å². The number of likely N-dealkylation sites (N-methyl/N-ethyl adjacent to an activating group) is 1. The normalized spacial score (nSPS) is 10.3. The molecule has 0 aliphatic rings. The molecule has 0 fully saturated rings. The Kier molecular flexibility index (Phi) is 5.90. The molecule has 1 N–H and O–H groups in total. The number of benzene rings is 2. The van der Waals surface area contributed by atoms with E-state index in [1.165, 1.54) is 0 Å². The van der Waals surface area contributed by atoms with Crippen LogP contribution in [0.1, 0.15) is 23.6 Å². The first-order valence-corrected chi connectivity index (χ1v) is 7.67. The number of anilines is 1. The van der Waals surface area contributed by atoms with Crippen molar-refractivity contribution in [1.82, 2.24) is 4.90 Å². The first-order chi connectivity index (χ1) is 11.1. The third-order valence-electron chi connectivity index (χ3n) is 3.59. The van der Waals surface area contributed by atoms with Crippen molar-refractivity contribution in [2.75, 3.05) is 18.9 Å². The fraction of sp³-hybridized carbons (Fsp3) is 0.263. The van der Waals surface area contributed by atoms with E-state index >= 15 is 0 Å². The van der Waals surface area contributed by atoms with Gasteiger partial charge in [0.2, 0.25) is 5.91 Å². The summed E-state index contributed by atoms with van der Waals surface area (Å²) < 4.78 is 0. The second-order valence-corrected chi connectivity index (χ2v) is 5.54. The molecule has 2 aromatic carbocycles. The van der Waals surface area contributed by atoms with E-state index in [-0.39, 0.29) is 5.91 Å². The van der Waals surface area contributed by atoms with Crippen molar-refractivity contribution >= 4 is 11.6 Å². The predicted molar refractivity (Wildman–Crippen MR) is 91.9 cm³/mol. The summed E-state index contributed by atoms with van der Waals surface area (Å²) in [5.74, 6) is -0.0372. The van der Waals surface area contributed by atoms with Gasteiger partial charge in [0.15, 0.2) is 0 Å². The molecule has 2 aromatic rings. The number of aryl methyl sites for hydroxylation is 1. The lowest BCUT2D eigenvalue weighted by atomic mass is 10.1. The number of carbonyl (C=O) groups excluding carboxylic acids is 1. The molecule has 0 saturated carbocycles. The fourth-order valence-electron chi connectivity index (χ4n) is 2.49. The fourth-order valence-corrected chi connectivity index (χ4v) is 2.49. The number of hydrogen-bond acceptors (Lipinski definition) is 3. The van der Waals surface area contributed by atoms with Crippen LogP contribution in [-0.2, 0) is 17.8 Å². The maximum Gasteiger partial charge on any atom is 0.238 e. The molecular weight excluding hydrogens is 286 g/mol. The number of para-hydroxylation sites is 1. The topological polar surface area (TPSA) is 56.1 Å². The minimum atomic E-state index is -0.0372. The summed E-state index contributed by atoms with van der Waals surface area (Å²) >= 11 is 0. The number of nitrogens with zero attached hydrogens (tertiary/aromatic N) is 2. The zero-order valence-electron chi connectivity index (χ0n) is 13.5. The van der Waals surface area contributed by atoms with Gasteiger partial charge < -0.3 is 5.32 Å². The quantitative estimate of drug-likeness (QED) is 0.891. The van der Waals surface area contributed by atoms with Crippen LogP contribution in [0.25, 0.3) is 0 Å². The van der Waals surface area contributed by atoms with Crippen LogP contribution >= 0.6 is 0 Å².